The molecule has 1 aliphatic rings. The lowest BCUT2D eigenvalue weighted by Crippen LogP contribution is -2.50. The summed E-state index contributed by atoms with van der Waals surface area (Å²) in [6, 6.07) is 17.0. The summed E-state index contributed by atoms with van der Waals surface area (Å²) in [6.07, 6.45) is 0. The third kappa shape index (κ3) is 4.36. The molecule has 0 saturated carbocycles. The highest BCUT2D eigenvalue weighted by Crippen LogP contribution is 2.23. The number of benzene rings is 1. The number of hydrogen-bond acceptors (Lipinski definition) is 7. The Bertz CT molecular complexity index is 1010. The molecule has 4 rings (SSSR count). The summed E-state index contributed by atoms with van der Waals surface area (Å²) in [5, 5.41) is 19.8. The predicted molar refractivity (Wildman–Crippen MR) is 111 cm³/mol. The van der Waals surface area contributed by atoms with Crippen LogP contribution < -0.4 is 9.64 Å². The van der Waals surface area contributed by atoms with E-state index in [1.807, 2.05) is 29.6 Å². The third-order valence-electron chi connectivity index (χ3n) is 4.74. The topological polar surface area (TPSA) is 82.4 Å². The van der Waals surface area contributed by atoms with E-state index in [9.17, 15) is 4.79 Å². The minimum absolute atomic E-state index is 0.0754. The van der Waals surface area contributed by atoms with Crippen molar-refractivity contribution >= 4 is 23.1 Å². The fraction of sp³-hybridized carbons (Fsp3) is 0.238. The van der Waals surface area contributed by atoms with Crippen LogP contribution in [0.2, 0.25) is 0 Å². The highest BCUT2D eigenvalue weighted by molar-refractivity contribution is 7.13. The normalized spacial score (nSPS) is 13.8. The molecule has 1 saturated heterocycles. The number of ether oxygens (including phenoxy) is 1. The zero-order chi connectivity index (χ0) is 20.1. The Morgan fingerprint density at radius 2 is 1.90 bits per heavy atom. The Kier molecular flexibility index (Phi) is 5.68. The number of carbonyl (C=O) groups is 1. The minimum Gasteiger partial charge on any atom is -0.482 e. The van der Waals surface area contributed by atoms with E-state index in [4.69, 9.17) is 10.00 Å². The van der Waals surface area contributed by atoms with Gasteiger partial charge in [-0.25, -0.2) is 0 Å². The Balaban J connectivity index is 1.30. The van der Waals surface area contributed by atoms with Crippen LogP contribution in [0.1, 0.15) is 5.56 Å². The molecule has 0 spiro atoms. The number of para-hydroxylation sites is 1. The monoisotopic (exact) mass is 405 g/mol. The van der Waals surface area contributed by atoms with Crippen molar-refractivity contribution in [2.45, 2.75) is 0 Å². The van der Waals surface area contributed by atoms with Gasteiger partial charge in [-0.05, 0) is 35.7 Å². The van der Waals surface area contributed by atoms with Crippen molar-refractivity contribution in [1.82, 2.24) is 15.1 Å². The predicted octanol–water partition coefficient (Wildman–Crippen LogP) is 2.80. The highest BCUT2D eigenvalue weighted by Gasteiger charge is 2.22. The smallest absolute Gasteiger partial charge is 0.260 e. The number of carbonyl (C=O) groups excluding carboxylic acids is 1. The Hall–Kier alpha value is -3.44. The summed E-state index contributed by atoms with van der Waals surface area (Å²) >= 11 is 1.64. The van der Waals surface area contributed by atoms with Crippen molar-refractivity contribution < 1.29 is 9.53 Å². The number of rotatable bonds is 5. The molecule has 0 unspecified atom stereocenters. The van der Waals surface area contributed by atoms with Gasteiger partial charge in [-0.2, -0.15) is 5.26 Å². The van der Waals surface area contributed by atoms with Crippen LogP contribution in [0.3, 0.4) is 0 Å². The average Bonchev–Trinajstić information content (AvgIpc) is 3.33. The van der Waals surface area contributed by atoms with Crippen LogP contribution >= 0.6 is 11.3 Å². The van der Waals surface area contributed by atoms with Crippen molar-refractivity contribution in [2.24, 2.45) is 0 Å². The Morgan fingerprint density at radius 1 is 1.07 bits per heavy atom. The van der Waals surface area contributed by atoms with Gasteiger partial charge in [0.1, 0.15) is 17.5 Å². The molecule has 3 heterocycles. The summed E-state index contributed by atoms with van der Waals surface area (Å²) in [5.74, 6) is 1.16. The number of hydrogen-bond donors (Lipinski definition) is 0. The van der Waals surface area contributed by atoms with Gasteiger partial charge < -0.3 is 14.5 Å². The fourth-order valence-electron chi connectivity index (χ4n) is 3.15. The number of nitriles is 1. The molecule has 1 aromatic carbocycles. The number of piperazine rings is 1. The first-order valence-corrected chi connectivity index (χ1v) is 10.1. The van der Waals surface area contributed by atoms with Gasteiger partial charge in [0.05, 0.1) is 10.4 Å². The SMILES string of the molecule is N#Cc1ccccc1OCC(=O)N1CCN(c2ccc(-c3cccs3)nn2)CC1. The summed E-state index contributed by atoms with van der Waals surface area (Å²) < 4.78 is 5.55. The molecule has 1 fully saturated rings. The van der Waals surface area contributed by atoms with E-state index in [-0.39, 0.29) is 12.5 Å². The van der Waals surface area contributed by atoms with E-state index in [0.29, 0.717) is 37.5 Å². The van der Waals surface area contributed by atoms with E-state index in [2.05, 4.69) is 21.2 Å². The Morgan fingerprint density at radius 3 is 2.59 bits per heavy atom. The van der Waals surface area contributed by atoms with Gasteiger partial charge in [0, 0.05) is 26.2 Å². The van der Waals surface area contributed by atoms with Gasteiger partial charge in [-0.1, -0.05) is 18.2 Å². The van der Waals surface area contributed by atoms with E-state index in [1.165, 1.54) is 0 Å². The first-order valence-electron chi connectivity index (χ1n) is 9.27. The van der Waals surface area contributed by atoms with Gasteiger partial charge in [0.15, 0.2) is 12.4 Å². The maximum absolute atomic E-state index is 12.5. The molecule has 1 amide bonds. The second kappa shape index (κ2) is 8.71. The molecule has 7 nitrogen and oxygen atoms in total. The molecule has 29 heavy (non-hydrogen) atoms. The summed E-state index contributed by atoms with van der Waals surface area (Å²) in [7, 11) is 0. The third-order valence-corrected chi connectivity index (χ3v) is 5.63. The molecule has 0 N–H and O–H groups in total. The molecule has 8 heteroatoms. The van der Waals surface area contributed by atoms with Crippen LogP contribution in [0.4, 0.5) is 5.82 Å². The quantitative estimate of drug-likeness (QED) is 0.649. The Labute approximate surface area is 172 Å². The maximum Gasteiger partial charge on any atom is 0.260 e. The molecule has 0 aliphatic carbocycles. The summed E-state index contributed by atoms with van der Waals surface area (Å²) in [5.41, 5.74) is 1.29. The highest BCUT2D eigenvalue weighted by atomic mass is 32.1. The van der Waals surface area contributed by atoms with Crippen molar-refractivity contribution in [2.75, 3.05) is 37.7 Å². The van der Waals surface area contributed by atoms with Crippen LogP contribution in [0.15, 0.2) is 53.9 Å². The fourth-order valence-corrected chi connectivity index (χ4v) is 3.84. The summed E-state index contributed by atoms with van der Waals surface area (Å²) in [6.45, 7) is 2.49. The zero-order valence-electron chi connectivity index (χ0n) is 15.7. The minimum atomic E-state index is -0.0866. The molecule has 0 atom stereocenters. The first kappa shape index (κ1) is 18.9. The maximum atomic E-state index is 12.5. The van der Waals surface area contributed by atoms with Gasteiger partial charge >= 0.3 is 0 Å². The van der Waals surface area contributed by atoms with Gasteiger partial charge in [-0.15, -0.1) is 21.5 Å². The molecule has 146 valence electrons. The van der Waals surface area contributed by atoms with Crippen LogP contribution in [0, 0.1) is 11.3 Å². The lowest BCUT2D eigenvalue weighted by Gasteiger charge is -2.35. The van der Waals surface area contributed by atoms with Crippen molar-refractivity contribution in [3.63, 3.8) is 0 Å². The lowest BCUT2D eigenvalue weighted by atomic mass is 10.2. The van der Waals surface area contributed by atoms with Crippen LogP contribution in [-0.4, -0.2) is 53.8 Å². The zero-order valence-corrected chi connectivity index (χ0v) is 16.5. The van der Waals surface area contributed by atoms with Gasteiger partial charge in [-0.3, -0.25) is 4.79 Å². The van der Waals surface area contributed by atoms with Crippen molar-refractivity contribution in [3.8, 4) is 22.4 Å². The lowest BCUT2D eigenvalue weighted by molar-refractivity contribution is -0.133. The van der Waals surface area contributed by atoms with E-state index in [0.717, 1.165) is 16.4 Å². The number of amides is 1. The molecule has 0 bridgehead atoms. The molecule has 3 aromatic rings. The number of nitrogens with zero attached hydrogens (tertiary/aromatic N) is 5. The van der Waals surface area contributed by atoms with Gasteiger partial charge in [0.2, 0.25) is 0 Å². The molecular weight excluding hydrogens is 386 g/mol. The molecule has 2 aromatic heterocycles. The number of aromatic nitrogens is 2. The average molecular weight is 405 g/mol. The second-order valence-electron chi connectivity index (χ2n) is 6.52. The van der Waals surface area contributed by atoms with Crippen LogP contribution in [0.5, 0.6) is 5.75 Å². The molecular formula is C21H19N5O2S. The van der Waals surface area contributed by atoms with E-state index < -0.39 is 0 Å². The first-order chi connectivity index (χ1) is 14.2. The summed E-state index contributed by atoms with van der Waals surface area (Å²) in [4.78, 5) is 17.5. The van der Waals surface area contributed by atoms with Crippen LogP contribution in [0.25, 0.3) is 10.6 Å². The largest absolute Gasteiger partial charge is 0.482 e. The molecule has 0 radical (unpaired) electrons. The van der Waals surface area contributed by atoms with Crippen molar-refractivity contribution in [1.29, 1.82) is 5.26 Å². The van der Waals surface area contributed by atoms with Gasteiger partial charge in [0.25, 0.3) is 5.91 Å². The van der Waals surface area contributed by atoms with E-state index >= 15 is 0 Å². The number of anilines is 1. The van der Waals surface area contributed by atoms with E-state index in [1.54, 1.807) is 40.5 Å². The molecule has 1 aliphatic heterocycles. The second-order valence-corrected chi connectivity index (χ2v) is 7.47. The number of thiophene rings is 1. The van der Waals surface area contributed by atoms with Crippen molar-refractivity contribution in [3.05, 3.63) is 59.5 Å². The standard InChI is InChI=1S/C21H19N5O2S/c22-14-16-4-1-2-5-18(16)28-15-21(27)26-11-9-25(10-12-26)20-8-7-17(23-24-20)19-6-3-13-29-19/h1-8,13H,9-12,15H2. The van der Waals surface area contributed by atoms with Crippen LogP contribution in [-0.2, 0) is 4.79 Å².